The molecule has 4 N–H and O–H groups in total. The lowest BCUT2D eigenvalue weighted by atomic mass is 10.0. The van der Waals surface area contributed by atoms with Crippen molar-refractivity contribution in [3.63, 3.8) is 0 Å². The van der Waals surface area contributed by atoms with Crippen LogP contribution in [-0.4, -0.2) is 33.3 Å². The van der Waals surface area contributed by atoms with Gasteiger partial charge in [-0.15, -0.1) is 0 Å². The molecule has 1 aliphatic carbocycles. The van der Waals surface area contributed by atoms with Gasteiger partial charge < -0.3 is 29.9 Å². The Bertz CT molecular complexity index is 1370. The normalized spacial score (nSPS) is 13.7. The molecule has 0 heterocycles. The number of ketones is 1. The molecule has 1 unspecified atom stereocenters. The predicted octanol–water partition coefficient (Wildman–Crippen LogP) is 5.43. The molecule has 0 amide bonds. The van der Waals surface area contributed by atoms with E-state index in [2.05, 4.69) is 0 Å². The number of benzene rings is 3. The van der Waals surface area contributed by atoms with Crippen molar-refractivity contribution in [1.29, 1.82) is 0 Å². The second-order valence-electron chi connectivity index (χ2n) is 8.08. The molecular weight excluding hydrogens is 460 g/mol. The number of phenols is 4. The number of ether oxygens (including phenoxy) is 2. The number of phenolic OH excluding ortho intramolecular Hbond substituents is 4. The van der Waals surface area contributed by atoms with Crippen molar-refractivity contribution in [2.24, 2.45) is 0 Å². The van der Waals surface area contributed by atoms with E-state index in [1.54, 1.807) is 54.6 Å². The van der Waals surface area contributed by atoms with E-state index in [9.17, 15) is 25.2 Å². The van der Waals surface area contributed by atoms with Gasteiger partial charge in [0.1, 0.15) is 29.1 Å². The average molecular weight is 485 g/mol. The van der Waals surface area contributed by atoms with E-state index in [4.69, 9.17) is 9.47 Å². The second-order valence-corrected chi connectivity index (χ2v) is 8.08. The highest BCUT2D eigenvalue weighted by molar-refractivity contribution is 6.01. The fourth-order valence-corrected chi connectivity index (χ4v) is 3.64. The van der Waals surface area contributed by atoms with Crippen molar-refractivity contribution >= 4 is 17.9 Å². The van der Waals surface area contributed by atoms with Crippen LogP contribution in [0.1, 0.15) is 22.8 Å². The molecule has 0 saturated carbocycles. The van der Waals surface area contributed by atoms with E-state index >= 15 is 0 Å². The Morgan fingerprint density at radius 3 is 2.11 bits per heavy atom. The van der Waals surface area contributed by atoms with Gasteiger partial charge in [0.05, 0.1) is 7.11 Å². The van der Waals surface area contributed by atoms with Crippen molar-refractivity contribution in [2.45, 2.75) is 6.10 Å². The van der Waals surface area contributed by atoms with Crippen LogP contribution in [0.5, 0.6) is 34.5 Å². The molecule has 4 rings (SSSR count). The third-order valence-electron chi connectivity index (χ3n) is 5.33. The van der Waals surface area contributed by atoms with Gasteiger partial charge >= 0.3 is 0 Å². The lowest BCUT2D eigenvalue weighted by Gasteiger charge is -2.19. The number of rotatable bonds is 7. The molecule has 0 aliphatic heterocycles. The highest BCUT2D eigenvalue weighted by atomic mass is 16.5. The molecule has 0 saturated heterocycles. The summed E-state index contributed by atoms with van der Waals surface area (Å²) in [5, 5.41) is 40.1. The summed E-state index contributed by atoms with van der Waals surface area (Å²) in [4.78, 5) is 11.5. The molecule has 7 heteroatoms. The summed E-state index contributed by atoms with van der Waals surface area (Å²) < 4.78 is 11.3. The number of aromatic hydroxyl groups is 4. The molecule has 0 radical (unpaired) electrons. The van der Waals surface area contributed by atoms with E-state index in [-0.39, 0.29) is 28.8 Å². The monoisotopic (exact) mass is 484 g/mol. The standard InChI is InChI=1S/C29H24O7/c1-35-29-13-18(6-9-27(29)34)2-3-20-10-23(31)17-26(11-20)36-28(12-19-4-7-22(30)8-5-19)21-14-24(32)16-25(33)15-21/h2-17,28,31-34H,1H3/b3-2+. The zero-order valence-corrected chi connectivity index (χ0v) is 19.3. The van der Waals surface area contributed by atoms with Crippen molar-refractivity contribution in [3.8, 4) is 34.5 Å². The van der Waals surface area contributed by atoms with Gasteiger partial charge in [0.2, 0.25) is 0 Å². The van der Waals surface area contributed by atoms with Crippen LogP contribution >= 0.6 is 0 Å². The first-order valence-corrected chi connectivity index (χ1v) is 11.0. The van der Waals surface area contributed by atoms with Crippen LogP contribution in [0.2, 0.25) is 0 Å². The van der Waals surface area contributed by atoms with Crippen molar-refractivity contribution in [3.05, 3.63) is 107 Å². The van der Waals surface area contributed by atoms with Gasteiger partial charge in [0.25, 0.3) is 0 Å². The van der Waals surface area contributed by atoms with Gasteiger partial charge in [-0.25, -0.2) is 0 Å². The molecule has 0 bridgehead atoms. The number of hydrogen-bond donors (Lipinski definition) is 4. The van der Waals surface area contributed by atoms with E-state index in [0.29, 0.717) is 28.2 Å². The van der Waals surface area contributed by atoms with Crippen LogP contribution in [-0.2, 0) is 4.79 Å². The largest absolute Gasteiger partial charge is 0.508 e. The maximum Gasteiger partial charge on any atom is 0.178 e. The molecule has 1 atom stereocenters. The van der Waals surface area contributed by atoms with E-state index < -0.39 is 6.10 Å². The highest BCUT2D eigenvalue weighted by Crippen LogP contribution is 2.33. The lowest BCUT2D eigenvalue weighted by Crippen LogP contribution is -2.06. The molecule has 182 valence electrons. The van der Waals surface area contributed by atoms with Crippen LogP contribution < -0.4 is 9.47 Å². The van der Waals surface area contributed by atoms with Crippen LogP contribution in [0.25, 0.3) is 12.2 Å². The first kappa shape index (κ1) is 24.2. The second kappa shape index (κ2) is 10.6. The van der Waals surface area contributed by atoms with Gasteiger partial charge in [0.15, 0.2) is 17.3 Å². The zero-order valence-electron chi connectivity index (χ0n) is 19.3. The first-order chi connectivity index (χ1) is 17.3. The average Bonchev–Trinajstić information content (AvgIpc) is 2.83. The summed E-state index contributed by atoms with van der Waals surface area (Å²) in [5.41, 5.74) is 2.59. The maximum atomic E-state index is 11.5. The Morgan fingerprint density at radius 1 is 0.750 bits per heavy atom. The van der Waals surface area contributed by atoms with E-state index in [1.807, 2.05) is 0 Å². The van der Waals surface area contributed by atoms with Gasteiger partial charge in [0, 0.05) is 17.7 Å². The van der Waals surface area contributed by atoms with Crippen LogP contribution in [0, 0.1) is 0 Å². The summed E-state index contributed by atoms with van der Waals surface area (Å²) >= 11 is 0. The molecule has 36 heavy (non-hydrogen) atoms. The predicted molar refractivity (Wildman–Crippen MR) is 136 cm³/mol. The zero-order chi connectivity index (χ0) is 25.7. The summed E-state index contributed by atoms with van der Waals surface area (Å²) in [6, 6.07) is 13.8. The molecule has 0 aromatic heterocycles. The Labute approximate surface area is 207 Å². The number of carbonyl (C=O) groups is 1. The summed E-state index contributed by atoms with van der Waals surface area (Å²) in [5.74, 6) is 0.292. The minimum absolute atomic E-state index is 0.0244. The smallest absolute Gasteiger partial charge is 0.178 e. The summed E-state index contributed by atoms with van der Waals surface area (Å²) in [6.07, 6.45) is 10.7. The molecule has 0 fully saturated rings. The van der Waals surface area contributed by atoms with Crippen molar-refractivity contribution in [1.82, 2.24) is 0 Å². The third-order valence-corrected chi connectivity index (χ3v) is 5.33. The molecule has 3 aromatic carbocycles. The summed E-state index contributed by atoms with van der Waals surface area (Å²) in [6.45, 7) is 0. The Hall–Kier alpha value is -4.91. The van der Waals surface area contributed by atoms with Crippen LogP contribution in [0.4, 0.5) is 0 Å². The topological polar surface area (TPSA) is 116 Å². The minimum atomic E-state index is -0.763. The Balaban J connectivity index is 1.66. The lowest BCUT2D eigenvalue weighted by molar-refractivity contribution is -0.110. The minimum Gasteiger partial charge on any atom is -0.508 e. The number of hydrogen-bond acceptors (Lipinski definition) is 7. The number of methoxy groups -OCH3 is 1. The Kier molecular flexibility index (Phi) is 7.11. The SMILES string of the molecule is COc1cc(/C=C/c2cc(O)cc(OC(C=C3C=CC(=O)C=C3)c3cc(O)cc(O)c3)c2)ccc1O. The van der Waals surface area contributed by atoms with Crippen molar-refractivity contribution in [2.75, 3.05) is 7.11 Å². The molecule has 0 spiro atoms. The van der Waals surface area contributed by atoms with Gasteiger partial charge in [-0.2, -0.15) is 0 Å². The fourth-order valence-electron chi connectivity index (χ4n) is 3.64. The number of carbonyl (C=O) groups excluding carboxylic acids is 1. The van der Waals surface area contributed by atoms with Crippen LogP contribution in [0.15, 0.2) is 90.6 Å². The quantitative estimate of drug-likeness (QED) is 0.331. The number of allylic oxidation sites excluding steroid dienone is 5. The molecule has 3 aromatic rings. The third kappa shape index (κ3) is 6.15. The maximum absolute atomic E-state index is 11.5. The molecule has 7 nitrogen and oxygen atoms in total. The first-order valence-electron chi connectivity index (χ1n) is 11.0. The van der Waals surface area contributed by atoms with E-state index in [1.165, 1.54) is 49.6 Å². The molecular formula is C29H24O7. The molecule has 1 aliphatic rings. The summed E-state index contributed by atoms with van der Waals surface area (Å²) in [7, 11) is 1.47. The van der Waals surface area contributed by atoms with Crippen molar-refractivity contribution < 1.29 is 34.7 Å². The van der Waals surface area contributed by atoms with E-state index in [0.717, 1.165) is 5.56 Å². The fraction of sp³-hybridized carbons (Fsp3) is 0.0690. The highest BCUT2D eigenvalue weighted by Gasteiger charge is 2.15. The van der Waals surface area contributed by atoms with Gasteiger partial charge in [-0.3, -0.25) is 4.79 Å². The van der Waals surface area contributed by atoms with Gasteiger partial charge in [-0.05, 0) is 71.3 Å². The van der Waals surface area contributed by atoms with Gasteiger partial charge in [-0.1, -0.05) is 30.4 Å². The Morgan fingerprint density at radius 2 is 1.42 bits per heavy atom. The van der Waals surface area contributed by atoms with Crippen LogP contribution in [0.3, 0.4) is 0 Å².